The van der Waals surface area contributed by atoms with Gasteiger partial charge in [0.2, 0.25) is 35.4 Å². The highest BCUT2D eigenvalue weighted by atomic mass is 16.4. The van der Waals surface area contributed by atoms with Crippen LogP contribution >= 0.6 is 0 Å². The van der Waals surface area contributed by atoms with Crippen molar-refractivity contribution in [3.8, 4) is 0 Å². The predicted molar refractivity (Wildman–Crippen MR) is 150 cm³/mol. The third kappa shape index (κ3) is 16.0. The molecule has 0 spiro atoms. The number of hydrogen-bond donors (Lipinski definition) is 10. The number of aliphatic carboxylic acids is 2. The Morgan fingerprint density at radius 2 is 1.35 bits per heavy atom. The van der Waals surface area contributed by atoms with E-state index in [0.29, 0.717) is 25.8 Å². The summed E-state index contributed by atoms with van der Waals surface area (Å²) in [5.74, 6) is -8.43. The van der Waals surface area contributed by atoms with Crippen molar-refractivity contribution in [3.63, 3.8) is 0 Å². The van der Waals surface area contributed by atoms with Gasteiger partial charge in [-0.3, -0.25) is 33.6 Å². The highest BCUT2D eigenvalue weighted by Gasteiger charge is 2.30. The maximum Gasteiger partial charge on any atom is 0.326 e. The normalized spacial score (nSPS) is 14.3. The van der Waals surface area contributed by atoms with E-state index in [1.807, 2.05) is 0 Å². The fourth-order valence-corrected chi connectivity index (χ4v) is 3.57. The first-order valence-electron chi connectivity index (χ1n) is 13.7. The van der Waals surface area contributed by atoms with Gasteiger partial charge in [-0.2, -0.15) is 0 Å². The molecule has 0 heterocycles. The number of carbonyl (C=O) groups excluding carboxylic acids is 6. The lowest BCUT2D eigenvalue weighted by atomic mass is 10.0. The number of carboxylic acids is 2. The Morgan fingerprint density at radius 3 is 1.86 bits per heavy atom. The van der Waals surface area contributed by atoms with Crippen molar-refractivity contribution in [1.82, 2.24) is 26.6 Å². The number of carbonyl (C=O) groups is 8. The topological polar surface area (TPSA) is 315 Å². The van der Waals surface area contributed by atoms with Crippen LogP contribution in [0.3, 0.4) is 0 Å². The van der Waals surface area contributed by atoms with Crippen LogP contribution in [-0.4, -0.2) is 101 Å². The molecule has 0 bridgehead atoms. The molecule has 13 N–H and O–H groups in total. The van der Waals surface area contributed by atoms with E-state index < -0.39 is 96.5 Å². The summed E-state index contributed by atoms with van der Waals surface area (Å²) in [5, 5.41) is 29.6. The van der Waals surface area contributed by atoms with E-state index in [1.165, 1.54) is 20.8 Å². The summed E-state index contributed by atoms with van der Waals surface area (Å²) in [6, 6.07) is -6.42. The van der Waals surface area contributed by atoms with Crippen molar-refractivity contribution in [2.45, 2.75) is 89.5 Å². The molecule has 0 saturated heterocycles. The minimum Gasteiger partial charge on any atom is -0.481 e. The molecule has 5 unspecified atom stereocenters. The first-order chi connectivity index (χ1) is 20.0. The van der Waals surface area contributed by atoms with Gasteiger partial charge in [0.1, 0.15) is 24.2 Å². The SMILES string of the molecule is CC(NC(=O)C(CCC(N)=O)NC(=O)C(N)CCCCN)C(=O)NCC(=O)NC(CC(=O)O)C(=O)NC(C(=O)O)C(C)C. The smallest absolute Gasteiger partial charge is 0.326 e. The van der Waals surface area contributed by atoms with Gasteiger partial charge < -0.3 is 54.0 Å². The Kier molecular flexibility index (Phi) is 17.8. The van der Waals surface area contributed by atoms with Gasteiger partial charge in [-0.15, -0.1) is 0 Å². The molecule has 5 atom stereocenters. The molecule has 0 aromatic heterocycles. The average molecular weight is 617 g/mol. The molecule has 0 aromatic carbocycles. The molecule has 0 aliphatic carbocycles. The average Bonchev–Trinajstić information content (AvgIpc) is 2.90. The fraction of sp³-hybridized carbons (Fsp3) is 0.680. The zero-order chi connectivity index (χ0) is 33.3. The van der Waals surface area contributed by atoms with Gasteiger partial charge in [0.15, 0.2) is 0 Å². The Morgan fingerprint density at radius 1 is 0.744 bits per heavy atom. The van der Waals surface area contributed by atoms with E-state index >= 15 is 0 Å². The van der Waals surface area contributed by atoms with Crippen LogP contribution in [0.5, 0.6) is 0 Å². The van der Waals surface area contributed by atoms with E-state index in [4.69, 9.17) is 22.3 Å². The third-order valence-corrected chi connectivity index (χ3v) is 6.05. The van der Waals surface area contributed by atoms with Gasteiger partial charge in [0, 0.05) is 6.42 Å². The molecular weight excluding hydrogens is 572 g/mol. The Hall–Kier alpha value is -4.32. The summed E-state index contributed by atoms with van der Waals surface area (Å²) >= 11 is 0. The van der Waals surface area contributed by atoms with Gasteiger partial charge in [0.25, 0.3) is 0 Å². The molecule has 0 aliphatic rings. The zero-order valence-corrected chi connectivity index (χ0v) is 24.5. The van der Waals surface area contributed by atoms with Crippen LogP contribution in [0.15, 0.2) is 0 Å². The van der Waals surface area contributed by atoms with Crippen molar-refractivity contribution in [2.24, 2.45) is 23.1 Å². The van der Waals surface area contributed by atoms with E-state index in [0.717, 1.165) is 0 Å². The summed E-state index contributed by atoms with van der Waals surface area (Å²) in [6.07, 6.45) is 0.242. The maximum atomic E-state index is 12.8. The minimum atomic E-state index is -1.64. The van der Waals surface area contributed by atoms with Gasteiger partial charge in [0.05, 0.1) is 19.0 Å². The number of rotatable bonds is 21. The molecule has 0 rings (SSSR count). The van der Waals surface area contributed by atoms with Crippen LogP contribution < -0.4 is 43.8 Å². The minimum absolute atomic E-state index is 0.175. The highest BCUT2D eigenvalue weighted by Crippen LogP contribution is 2.05. The Labute approximate surface area is 248 Å². The lowest BCUT2D eigenvalue weighted by Gasteiger charge is -2.23. The lowest BCUT2D eigenvalue weighted by Crippen LogP contribution is -2.56. The van der Waals surface area contributed by atoms with E-state index in [9.17, 15) is 43.5 Å². The van der Waals surface area contributed by atoms with Gasteiger partial charge in [-0.1, -0.05) is 20.3 Å². The molecule has 18 heteroatoms. The van der Waals surface area contributed by atoms with Crippen molar-refractivity contribution in [1.29, 1.82) is 0 Å². The van der Waals surface area contributed by atoms with Gasteiger partial charge >= 0.3 is 11.9 Å². The van der Waals surface area contributed by atoms with E-state index in [1.54, 1.807) is 0 Å². The maximum absolute atomic E-state index is 12.8. The molecule has 0 radical (unpaired) electrons. The van der Waals surface area contributed by atoms with E-state index in [-0.39, 0.29) is 12.8 Å². The summed E-state index contributed by atoms with van der Waals surface area (Å²) in [4.78, 5) is 96.4. The number of carboxylic acid groups (broad SMARTS) is 2. The largest absolute Gasteiger partial charge is 0.481 e. The number of hydrogen-bond acceptors (Lipinski definition) is 10. The van der Waals surface area contributed by atoms with Crippen LogP contribution in [-0.2, 0) is 38.4 Å². The van der Waals surface area contributed by atoms with Gasteiger partial charge in [-0.25, -0.2) is 4.79 Å². The third-order valence-electron chi connectivity index (χ3n) is 6.05. The first kappa shape index (κ1) is 38.7. The molecule has 18 nitrogen and oxygen atoms in total. The van der Waals surface area contributed by atoms with Gasteiger partial charge in [-0.05, 0) is 38.6 Å². The van der Waals surface area contributed by atoms with Crippen molar-refractivity contribution < 1.29 is 48.6 Å². The molecule has 0 aliphatic heterocycles. The molecule has 0 aromatic rings. The second-order valence-corrected chi connectivity index (χ2v) is 10.2. The van der Waals surface area contributed by atoms with Crippen LogP contribution in [0.1, 0.15) is 59.3 Å². The number of unbranched alkanes of at least 4 members (excludes halogenated alkanes) is 1. The summed E-state index contributed by atoms with van der Waals surface area (Å²) in [5.41, 5.74) is 16.4. The number of amides is 6. The standard InChI is InChI=1S/C25H44N8O10/c1-12(2)20(25(42)43)33-24(41)16(10-19(36)37)31-18(35)11-29-21(38)13(3)30-23(40)15(7-8-17(28)34)32-22(39)14(27)6-4-5-9-26/h12-16,20H,4-11,26-27H2,1-3H3,(H2,28,34)(H,29,38)(H,30,40)(H,31,35)(H,32,39)(H,33,41)(H,36,37)(H,42,43). The van der Waals surface area contributed by atoms with Crippen LogP contribution in [0.4, 0.5) is 0 Å². The lowest BCUT2D eigenvalue weighted by molar-refractivity contribution is -0.144. The second kappa shape index (κ2) is 19.7. The zero-order valence-electron chi connectivity index (χ0n) is 24.5. The molecule has 0 saturated carbocycles. The molecule has 43 heavy (non-hydrogen) atoms. The van der Waals surface area contributed by atoms with Crippen LogP contribution in [0, 0.1) is 5.92 Å². The second-order valence-electron chi connectivity index (χ2n) is 10.2. The van der Waals surface area contributed by atoms with E-state index in [2.05, 4.69) is 26.6 Å². The molecule has 244 valence electrons. The van der Waals surface area contributed by atoms with Crippen molar-refractivity contribution >= 4 is 47.4 Å². The molecule has 0 fully saturated rings. The highest BCUT2D eigenvalue weighted by molar-refractivity contribution is 5.96. The summed E-state index contributed by atoms with van der Waals surface area (Å²) < 4.78 is 0. The van der Waals surface area contributed by atoms with Crippen LogP contribution in [0.2, 0.25) is 0 Å². The number of nitrogens with two attached hydrogens (primary N) is 3. The number of nitrogens with one attached hydrogen (secondary N) is 5. The van der Waals surface area contributed by atoms with Crippen molar-refractivity contribution in [2.75, 3.05) is 13.1 Å². The van der Waals surface area contributed by atoms with Crippen molar-refractivity contribution in [3.05, 3.63) is 0 Å². The Bertz CT molecular complexity index is 1020. The predicted octanol–water partition coefficient (Wildman–Crippen LogP) is -4.00. The quantitative estimate of drug-likeness (QED) is 0.0552. The Balaban J connectivity index is 5.19. The number of primary amides is 1. The summed E-state index contributed by atoms with van der Waals surface area (Å²) in [7, 11) is 0. The fourth-order valence-electron chi connectivity index (χ4n) is 3.57. The molecular formula is C25H44N8O10. The first-order valence-corrected chi connectivity index (χ1v) is 13.7. The van der Waals surface area contributed by atoms with Crippen LogP contribution in [0.25, 0.3) is 0 Å². The summed E-state index contributed by atoms with van der Waals surface area (Å²) in [6.45, 7) is 4.01. The molecule has 6 amide bonds. The monoisotopic (exact) mass is 616 g/mol.